The molecule has 10 heteroatoms. The van der Waals surface area contributed by atoms with E-state index in [1.54, 1.807) is 12.0 Å². The molecule has 0 radical (unpaired) electrons. The second-order valence-electron chi connectivity index (χ2n) is 9.40. The van der Waals surface area contributed by atoms with E-state index in [1.165, 1.54) is 6.20 Å². The van der Waals surface area contributed by atoms with Crippen LogP contribution < -0.4 is 15.4 Å². The SMILES string of the molecule is C=N/C=C(C#CC1NC(=O)NC1=O)\C=C/CCN1CCN(CC)CC1.CC.COc1ccc2c(c1)C(=O)N(C)CC2. The molecule has 41 heavy (non-hydrogen) atoms. The molecule has 1 aromatic rings. The molecule has 222 valence electrons. The van der Waals surface area contributed by atoms with Gasteiger partial charge in [-0.05, 0) is 49.9 Å². The molecule has 3 aliphatic rings. The van der Waals surface area contributed by atoms with Crippen molar-refractivity contribution in [2.75, 3.05) is 60.0 Å². The molecule has 2 saturated heterocycles. The van der Waals surface area contributed by atoms with E-state index in [2.05, 4.69) is 50.9 Å². The summed E-state index contributed by atoms with van der Waals surface area (Å²) in [7, 11) is 3.43. The Hall–Kier alpha value is -3.94. The third kappa shape index (κ3) is 10.5. The maximum Gasteiger partial charge on any atom is 0.322 e. The van der Waals surface area contributed by atoms with E-state index in [0.717, 1.165) is 75.5 Å². The number of hydrogen-bond acceptors (Lipinski definition) is 7. The quantitative estimate of drug-likeness (QED) is 0.228. The number of nitrogens with zero attached hydrogens (tertiary/aromatic N) is 4. The highest BCUT2D eigenvalue weighted by atomic mass is 16.5. The Kier molecular flexibility index (Phi) is 14.4. The number of aliphatic imine (C=N–C) groups is 1. The molecule has 2 N–H and O–H groups in total. The number of likely N-dealkylation sites (N-methyl/N-ethyl adjacent to an activating group) is 2. The van der Waals surface area contributed by atoms with Crippen LogP contribution in [0.1, 0.15) is 43.1 Å². The molecule has 3 heterocycles. The minimum absolute atomic E-state index is 0.0881. The zero-order valence-corrected chi connectivity index (χ0v) is 25.0. The first-order valence-corrected chi connectivity index (χ1v) is 14.2. The van der Waals surface area contributed by atoms with Crippen LogP contribution in [0.3, 0.4) is 0 Å². The number of amides is 4. The number of urea groups is 1. The Morgan fingerprint density at radius 3 is 2.46 bits per heavy atom. The van der Waals surface area contributed by atoms with Crippen LogP contribution in [0, 0.1) is 11.8 Å². The highest BCUT2D eigenvalue weighted by molar-refractivity contribution is 6.05. The molecule has 0 aliphatic carbocycles. The van der Waals surface area contributed by atoms with Gasteiger partial charge < -0.3 is 24.8 Å². The van der Waals surface area contributed by atoms with Gasteiger partial charge in [-0.1, -0.05) is 44.8 Å². The lowest BCUT2D eigenvalue weighted by molar-refractivity contribution is -0.119. The number of piperazine rings is 1. The van der Waals surface area contributed by atoms with E-state index in [0.29, 0.717) is 5.57 Å². The summed E-state index contributed by atoms with van der Waals surface area (Å²) in [5.41, 5.74) is 2.55. The Morgan fingerprint density at radius 1 is 1.15 bits per heavy atom. The summed E-state index contributed by atoms with van der Waals surface area (Å²) in [4.78, 5) is 44.6. The molecule has 1 unspecified atom stereocenters. The normalized spacial score (nSPS) is 19.0. The van der Waals surface area contributed by atoms with Gasteiger partial charge in [-0.25, -0.2) is 4.79 Å². The van der Waals surface area contributed by atoms with Crippen LogP contribution in [-0.2, 0) is 11.2 Å². The number of ether oxygens (including phenoxy) is 1. The zero-order chi connectivity index (χ0) is 30.2. The monoisotopic (exact) mass is 564 g/mol. The molecule has 0 saturated carbocycles. The van der Waals surface area contributed by atoms with Gasteiger partial charge in [0.2, 0.25) is 0 Å². The fraction of sp³-hybridized carbons (Fsp3) is 0.484. The van der Waals surface area contributed by atoms with Crippen LogP contribution >= 0.6 is 0 Å². The van der Waals surface area contributed by atoms with Crippen molar-refractivity contribution in [2.24, 2.45) is 4.99 Å². The van der Waals surface area contributed by atoms with Crippen molar-refractivity contribution in [1.82, 2.24) is 25.3 Å². The molecule has 1 aromatic carbocycles. The summed E-state index contributed by atoms with van der Waals surface area (Å²) < 4.78 is 5.09. The van der Waals surface area contributed by atoms with Crippen molar-refractivity contribution in [3.63, 3.8) is 0 Å². The lowest BCUT2D eigenvalue weighted by Gasteiger charge is -2.33. The van der Waals surface area contributed by atoms with Gasteiger partial charge >= 0.3 is 6.03 Å². The smallest absolute Gasteiger partial charge is 0.322 e. The first-order valence-electron chi connectivity index (χ1n) is 14.2. The summed E-state index contributed by atoms with van der Waals surface area (Å²) >= 11 is 0. The Balaban J connectivity index is 0.000000309. The van der Waals surface area contributed by atoms with E-state index >= 15 is 0 Å². The zero-order valence-electron chi connectivity index (χ0n) is 25.0. The number of methoxy groups -OCH3 is 1. The topological polar surface area (TPSA) is 107 Å². The first-order chi connectivity index (χ1) is 19.8. The van der Waals surface area contributed by atoms with Gasteiger partial charge in [0.05, 0.1) is 7.11 Å². The molecule has 0 aromatic heterocycles. The van der Waals surface area contributed by atoms with E-state index in [9.17, 15) is 14.4 Å². The third-order valence-corrected chi connectivity index (χ3v) is 6.80. The molecule has 4 rings (SSSR count). The number of imide groups is 1. The molecule has 4 amide bonds. The molecule has 1 atom stereocenters. The van der Waals surface area contributed by atoms with Gasteiger partial charge in [0, 0.05) is 63.7 Å². The number of carbonyl (C=O) groups is 3. The summed E-state index contributed by atoms with van der Waals surface area (Å²) in [5.74, 6) is 5.99. The van der Waals surface area contributed by atoms with Crippen LogP contribution in [-0.4, -0.2) is 105 Å². The minimum atomic E-state index is -0.816. The molecule has 3 aliphatic heterocycles. The van der Waals surface area contributed by atoms with Gasteiger partial charge in [-0.15, -0.1) is 0 Å². The predicted octanol–water partition coefficient (Wildman–Crippen LogP) is 2.72. The van der Waals surface area contributed by atoms with Gasteiger partial charge in [0.15, 0.2) is 6.04 Å². The van der Waals surface area contributed by atoms with Gasteiger partial charge in [0.25, 0.3) is 11.8 Å². The standard InChI is InChI=1S/C18H25N5O2.C11H13NO2.C2H6/c1-3-22-10-12-23(13-11-22)9-5-4-6-15(14-19-2)7-8-16-17(24)21-18(25)20-16;1-12-6-5-8-3-4-9(14-2)7-10(8)11(12)13;1-2/h4,6,14,16H,2-3,5,9-13H2,1H3,(H2,20,21,24,25);3-4,7H,5-6H2,1-2H3;1-2H3/b6-4-,15-14+;;. The van der Waals surface area contributed by atoms with Crippen LogP contribution in [0.25, 0.3) is 0 Å². The van der Waals surface area contributed by atoms with E-state index < -0.39 is 18.0 Å². The van der Waals surface area contributed by atoms with Crippen molar-refractivity contribution in [2.45, 2.75) is 39.7 Å². The number of carbonyl (C=O) groups excluding carboxylic acids is 3. The van der Waals surface area contributed by atoms with Gasteiger partial charge in [-0.3, -0.25) is 19.9 Å². The highest BCUT2D eigenvalue weighted by Gasteiger charge is 2.27. The summed E-state index contributed by atoms with van der Waals surface area (Å²) in [6.07, 6.45) is 7.31. The number of benzene rings is 1. The van der Waals surface area contributed by atoms with Crippen molar-refractivity contribution < 1.29 is 19.1 Å². The average molecular weight is 565 g/mol. The third-order valence-electron chi connectivity index (χ3n) is 6.80. The number of hydrogen-bond donors (Lipinski definition) is 2. The lowest BCUT2D eigenvalue weighted by Crippen LogP contribution is -2.46. The Morgan fingerprint density at radius 2 is 1.85 bits per heavy atom. The maximum atomic E-state index is 11.8. The molecule has 0 spiro atoms. The summed E-state index contributed by atoms with van der Waals surface area (Å²) in [5, 5.41) is 4.58. The second kappa shape index (κ2) is 17.7. The molecule has 10 nitrogen and oxygen atoms in total. The molecule has 0 bridgehead atoms. The summed E-state index contributed by atoms with van der Waals surface area (Å²) in [6, 6.07) is 4.35. The average Bonchev–Trinajstić information content (AvgIpc) is 3.33. The number of nitrogens with one attached hydrogen (secondary N) is 2. The number of allylic oxidation sites excluding steroid dienone is 2. The van der Waals surface area contributed by atoms with E-state index in [4.69, 9.17) is 4.74 Å². The highest BCUT2D eigenvalue weighted by Crippen LogP contribution is 2.22. The lowest BCUT2D eigenvalue weighted by atomic mass is 9.99. The summed E-state index contributed by atoms with van der Waals surface area (Å²) in [6.45, 7) is 17.0. The largest absolute Gasteiger partial charge is 0.497 e. The van der Waals surface area contributed by atoms with Crippen molar-refractivity contribution in [1.29, 1.82) is 0 Å². The van der Waals surface area contributed by atoms with Crippen molar-refractivity contribution in [3.8, 4) is 17.6 Å². The van der Waals surface area contributed by atoms with Crippen molar-refractivity contribution in [3.05, 3.63) is 53.3 Å². The fourth-order valence-corrected chi connectivity index (χ4v) is 4.38. The fourth-order valence-electron chi connectivity index (χ4n) is 4.38. The first kappa shape index (κ1) is 33.3. The maximum absolute atomic E-state index is 11.8. The number of rotatable bonds is 7. The number of fused-ring (bicyclic) bond motifs is 1. The van der Waals surface area contributed by atoms with Gasteiger partial charge in [0.1, 0.15) is 5.75 Å². The van der Waals surface area contributed by atoms with E-state index in [-0.39, 0.29) is 5.91 Å². The minimum Gasteiger partial charge on any atom is -0.497 e. The molecular formula is C31H44N6O4. The Labute approximate surface area is 244 Å². The van der Waals surface area contributed by atoms with Crippen LogP contribution in [0.5, 0.6) is 5.75 Å². The van der Waals surface area contributed by atoms with Crippen molar-refractivity contribution >= 4 is 24.6 Å². The predicted molar refractivity (Wildman–Crippen MR) is 163 cm³/mol. The second-order valence-corrected chi connectivity index (χ2v) is 9.40. The van der Waals surface area contributed by atoms with E-state index in [1.807, 2.05) is 51.2 Å². The molecular weight excluding hydrogens is 520 g/mol. The van der Waals surface area contributed by atoms with Crippen LogP contribution in [0.2, 0.25) is 0 Å². The van der Waals surface area contributed by atoms with Crippen LogP contribution in [0.15, 0.2) is 47.1 Å². The molecule has 2 fully saturated rings. The Bertz CT molecular complexity index is 1170. The van der Waals surface area contributed by atoms with Gasteiger partial charge in [-0.2, -0.15) is 0 Å². The van der Waals surface area contributed by atoms with Crippen LogP contribution in [0.4, 0.5) is 4.79 Å².